The molecule has 100 valence electrons. The summed E-state index contributed by atoms with van der Waals surface area (Å²) in [5.41, 5.74) is 0.478. The van der Waals surface area contributed by atoms with Gasteiger partial charge in [-0.25, -0.2) is 0 Å². The van der Waals surface area contributed by atoms with Crippen molar-refractivity contribution in [2.45, 2.75) is 50.9 Å². The predicted octanol–water partition coefficient (Wildman–Crippen LogP) is 3.08. The fourth-order valence-corrected chi connectivity index (χ4v) is 2.45. The van der Waals surface area contributed by atoms with Crippen molar-refractivity contribution in [1.82, 2.24) is 0 Å². The second kappa shape index (κ2) is 5.29. The summed E-state index contributed by atoms with van der Waals surface area (Å²) in [6.07, 6.45) is 2.51. The Balaban J connectivity index is 2.17. The minimum absolute atomic E-state index is 0.137. The lowest BCUT2D eigenvalue weighted by molar-refractivity contribution is -0.151. The average molecular weight is 250 g/mol. The van der Waals surface area contributed by atoms with Crippen molar-refractivity contribution in [1.29, 1.82) is 0 Å². The third-order valence-electron chi connectivity index (χ3n) is 3.65. The zero-order valence-corrected chi connectivity index (χ0v) is 11.3. The number of aliphatic hydroxyl groups is 1. The molecule has 0 heterocycles. The van der Waals surface area contributed by atoms with Crippen molar-refractivity contribution < 1.29 is 14.6 Å². The molecular formula is C15H22O3. The monoisotopic (exact) mass is 250 g/mol. The van der Waals surface area contributed by atoms with Crippen LogP contribution in [-0.2, 0) is 4.74 Å². The summed E-state index contributed by atoms with van der Waals surface area (Å²) in [5, 5.41) is 10.5. The fraction of sp³-hybridized carbons (Fsp3) is 0.600. The zero-order valence-electron chi connectivity index (χ0n) is 11.3. The van der Waals surface area contributed by atoms with Crippen LogP contribution in [0.3, 0.4) is 0 Å². The van der Waals surface area contributed by atoms with Gasteiger partial charge in [0.15, 0.2) is 0 Å². The molecule has 0 amide bonds. The molecule has 1 aromatic rings. The van der Waals surface area contributed by atoms with Gasteiger partial charge in [0.2, 0.25) is 0 Å². The first-order chi connectivity index (χ1) is 8.57. The largest absolute Gasteiger partial charge is 0.491 e. The van der Waals surface area contributed by atoms with E-state index < -0.39 is 11.7 Å². The van der Waals surface area contributed by atoms with E-state index in [1.165, 1.54) is 0 Å². The number of hydrogen-bond acceptors (Lipinski definition) is 3. The molecule has 3 nitrogen and oxygen atoms in total. The lowest BCUT2D eigenvalue weighted by atomic mass is 9.73. The highest BCUT2D eigenvalue weighted by Gasteiger charge is 2.44. The average Bonchev–Trinajstić information content (AvgIpc) is 2.27. The molecular weight excluding hydrogens is 228 g/mol. The minimum atomic E-state index is -0.577. The van der Waals surface area contributed by atoms with Crippen molar-refractivity contribution in [3.05, 3.63) is 29.8 Å². The molecule has 0 aliphatic heterocycles. The quantitative estimate of drug-likeness (QED) is 0.872. The van der Waals surface area contributed by atoms with Gasteiger partial charge in [0.25, 0.3) is 0 Å². The normalized spacial score (nSPS) is 19.4. The second-order valence-electron chi connectivity index (χ2n) is 5.26. The Kier molecular flexibility index (Phi) is 3.93. The summed E-state index contributed by atoms with van der Waals surface area (Å²) in [6.45, 7) is 3.98. The molecule has 0 radical (unpaired) electrons. The molecule has 1 aliphatic rings. The van der Waals surface area contributed by atoms with Gasteiger partial charge in [0.1, 0.15) is 11.9 Å². The maximum Gasteiger partial charge on any atom is 0.120 e. The van der Waals surface area contributed by atoms with Crippen LogP contribution in [0.2, 0.25) is 0 Å². The molecule has 1 aromatic carbocycles. The SMILES string of the molecule is COC1(C(O)c2cccc(OC(C)C)c2)CCC1. The molecule has 0 aromatic heterocycles. The van der Waals surface area contributed by atoms with E-state index in [1.807, 2.05) is 38.1 Å². The van der Waals surface area contributed by atoms with Crippen LogP contribution in [0.1, 0.15) is 44.8 Å². The molecule has 1 saturated carbocycles. The first kappa shape index (κ1) is 13.4. The van der Waals surface area contributed by atoms with E-state index >= 15 is 0 Å². The Morgan fingerprint density at radius 1 is 1.28 bits per heavy atom. The molecule has 3 heteroatoms. The van der Waals surface area contributed by atoms with E-state index in [2.05, 4.69) is 0 Å². The second-order valence-corrected chi connectivity index (χ2v) is 5.26. The number of methoxy groups -OCH3 is 1. The van der Waals surface area contributed by atoms with Crippen molar-refractivity contribution in [2.24, 2.45) is 0 Å². The van der Waals surface area contributed by atoms with Crippen molar-refractivity contribution >= 4 is 0 Å². The van der Waals surface area contributed by atoms with Crippen molar-refractivity contribution in [3.63, 3.8) is 0 Å². The molecule has 0 spiro atoms. The van der Waals surface area contributed by atoms with Gasteiger partial charge >= 0.3 is 0 Å². The van der Waals surface area contributed by atoms with Gasteiger partial charge in [0, 0.05) is 7.11 Å². The van der Waals surface area contributed by atoms with Crippen LogP contribution in [0.5, 0.6) is 5.75 Å². The minimum Gasteiger partial charge on any atom is -0.491 e. The Bertz CT molecular complexity index is 391. The molecule has 1 unspecified atom stereocenters. The predicted molar refractivity (Wildman–Crippen MR) is 70.8 cm³/mol. The number of aliphatic hydroxyl groups excluding tert-OH is 1. The lowest BCUT2D eigenvalue weighted by Crippen LogP contribution is -2.45. The van der Waals surface area contributed by atoms with Crippen molar-refractivity contribution in [3.8, 4) is 5.75 Å². The first-order valence-corrected chi connectivity index (χ1v) is 6.57. The summed E-state index contributed by atoms with van der Waals surface area (Å²) in [4.78, 5) is 0. The van der Waals surface area contributed by atoms with Gasteiger partial charge in [-0.1, -0.05) is 12.1 Å². The lowest BCUT2D eigenvalue weighted by Gasteiger charge is -2.44. The Labute approximate surface area is 109 Å². The van der Waals surface area contributed by atoms with Crippen LogP contribution in [0, 0.1) is 0 Å². The van der Waals surface area contributed by atoms with E-state index in [-0.39, 0.29) is 6.10 Å². The molecule has 18 heavy (non-hydrogen) atoms. The number of benzene rings is 1. The Hall–Kier alpha value is -1.06. The molecule has 1 atom stereocenters. The smallest absolute Gasteiger partial charge is 0.120 e. The summed E-state index contributed by atoms with van der Waals surface area (Å²) in [5.74, 6) is 0.798. The van der Waals surface area contributed by atoms with E-state index in [0.29, 0.717) is 0 Å². The van der Waals surface area contributed by atoms with Gasteiger partial charge in [-0.15, -0.1) is 0 Å². The van der Waals surface area contributed by atoms with Crippen LogP contribution in [-0.4, -0.2) is 23.9 Å². The van der Waals surface area contributed by atoms with Crippen LogP contribution in [0.4, 0.5) is 0 Å². The Morgan fingerprint density at radius 3 is 2.50 bits per heavy atom. The summed E-state index contributed by atoms with van der Waals surface area (Å²) in [6, 6.07) is 7.66. The maximum absolute atomic E-state index is 10.5. The van der Waals surface area contributed by atoms with Crippen LogP contribution in [0.25, 0.3) is 0 Å². The first-order valence-electron chi connectivity index (χ1n) is 6.57. The molecule has 2 rings (SSSR count). The van der Waals surface area contributed by atoms with E-state index in [1.54, 1.807) is 7.11 Å². The standard InChI is InChI=1S/C15H22O3/c1-11(2)18-13-7-4-6-12(10-13)14(16)15(17-3)8-5-9-15/h4,6-7,10-11,14,16H,5,8-9H2,1-3H3. The van der Waals surface area contributed by atoms with Gasteiger partial charge in [0.05, 0.1) is 11.7 Å². The third-order valence-corrected chi connectivity index (χ3v) is 3.65. The molecule has 1 aliphatic carbocycles. The highest BCUT2D eigenvalue weighted by Crippen LogP contribution is 2.45. The number of rotatable bonds is 5. The third kappa shape index (κ3) is 2.52. The van der Waals surface area contributed by atoms with Gasteiger partial charge in [-0.3, -0.25) is 0 Å². The van der Waals surface area contributed by atoms with Crippen LogP contribution >= 0.6 is 0 Å². The maximum atomic E-state index is 10.5. The molecule has 0 saturated heterocycles. The highest BCUT2D eigenvalue weighted by atomic mass is 16.5. The zero-order chi connectivity index (χ0) is 13.2. The van der Waals surface area contributed by atoms with Crippen LogP contribution < -0.4 is 4.74 Å². The number of hydrogen-bond donors (Lipinski definition) is 1. The van der Waals surface area contributed by atoms with Gasteiger partial charge < -0.3 is 14.6 Å². The fourth-order valence-electron chi connectivity index (χ4n) is 2.45. The molecule has 0 bridgehead atoms. The van der Waals surface area contributed by atoms with Gasteiger partial charge in [-0.2, -0.15) is 0 Å². The van der Waals surface area contributed by atoms with Crippen LogP contribution in [0.15, 0.2) is 24.3 Å². The highest BCUT2D eigenvalue weighted by molar-refractivity contribution is 5.32. The Morgan fingerprint density at radius 2 is 2.00 bits per heavy atom. The summed E-state index contributed by atoms with van der Waals surface area (Å²) in [7, 11) is 1.68. The van der Waals surface area contributed by atoms with Gasteiger partial charge in [-0.05, 0) is 50.8 Å². The van der Waals surface area contributed by atoms with E-state index in [9.17, 15) is 5.11 Å². The molecule has 1 fully saturated rings. The summed E-state index contributed by atoms with van der Waals surface area (Å²) < 4.78 is 11.2. The summed E-state index contributed by atoms with van der Waals surface area (Å²) >= 11 is 0. The topological polar surface area (TPSA) is 38.7 Å². The molecule has 1 N–H and O–H groups in total. The number of ether oxygens (including phenoxy) is 2. The van der Waals surface area contributed by atoms with E-state index in [4.69, 9.17) is 9.47 Å². The van der Waals surface area contributed by atoms with Crippen molar-refractivity contribution in [2.75, 3.05) is 7.11 Å². The van der Waals surface area contributed by atoms with E-state index in [0.717, 1.165) is 30.6 Å².